The van der Waals surface area contributed by atoms with E-state index in [-0.39, 0.29) is 11.8 Å². The van der Waals surface area contributed by atoms with E-state index in [0.29, 0.717) is 5.25 Å². The average Bonchev–Trinajstić information content (AvgIpc) is 3.14. The number of nitrogens with zero attached hydrogens (tertiary/aromatic N) is 1. The van der Waals surface area contributed by atoms with Gasteiger partial charge in [-0.3, -0.25) is 4.79 Å². The van der Waals surface area contributed by atoms with Crippen molar-refractivity contribution < 1.29 is 9.90 Å². The van der Waals surface area contributed by atoms with E-state index < -0.39 is 12.1 Å². The molecule has 0 aromatic rings. The molecule has 2 heterocycles. The number of carbonyl (C=O) groups excluding carboxylic acids is 1. The molecule has 2 unspecified atom stereocenters. The van der Waals surface area contributed by atoms with Gasteiger partial charge in [-0.15, -0.1) is 11.8 Å². The lowest BCUT2D eigenvalue weighted by atomic mass is 9.87. The van der Waals surface area contributed by atoms with Crippen LogP contribution in [0.4, 0.5) is 0 Å². The van der Waals surface area contributed by atoms with Crippen LogP contribution in [0.2, 0.25) is 0 Å². The Hall–Kier alpha value is -1.04. The Labute approximate surface area is 123 Å². The molecule has 0 aromatic heterocycles. The monoisotopic (exact) mass is 292 g/mol. The van der Waals surface area contributed by atoms with Gasteiger partial charge in [0.15, 0.2) is 0 Å². The summed E-state index contributed by atoms with van der Waals surface area (Å²) in [5, 5.41) is 12.8. The Morgan fingerprint density at radius 3 is 2.80 bits per heavy atom. The van der Waals surface area contributed by atoms with Crippen molar-refractivity contribution in [3.05, 3.63) is 35.3 Å². The van der Waals surface area contributed by atoms with Gasteiger partial charge in [-0.25, -0.2) is 0 Å². The minimum Gasteiger partial charge on any atom is -0.387 e. The van der Waals surface area contributed by atoms with Gasteiger partial charge in [0.2, 0.25) is 5.91 Å². The van der Waals surface area contributed by atoms with Crippen LogP contribution in [-0.4, -0.2) is 46.4 Å². The first-order chi connectivity index (χ1) is 9.68. The molecule has 3 N–H and O–H groups in total. The van der Waals surface area contributed by atoms with Crippen molar-refractivity contribution in [2.75, 3.05) is 13.1 Å². The third-order valence-corrected chi connectivity index (χ3v) is 5.39. The number of fused-ring (bicyclic) bond motifs is 1. The van der Waals surface area contributed by atoms with Gasteiger partial charge in [0.05, 0.1) is 0 Å². The summed E-state index contributed by atoms with van der Waals surface area (Å²) in [6.07, 6.45) is 9.39. The van der Waals surface area contributed by atoms with Crippen molar-refractivity contribution in [3.63, 3.8) is 0 Å². The van der Waals surface area contributed by atoms with Gasteiger partial charge in [0, 0.05) is 24.3 Å². The fraction of sp³-hybridized carbons (Fsp3) is 0.533. The molecule has 4 atom stereocenters. The maximum absolute atomic E-state index is 12.3. The number of allylic oxidation sites excluding steroid dienone is 3. The van der Waals surface area contributed by atoms with Crippen molar-refractivity contribution >= 4 is 17.7 Å². The average molecular weight is 292 g/mol. The molecule has 0 bridgehead atoms. The van der Waals surface area contributed by atoms with Crippen LogP contribution in [0.3, 0.4) is 0 Å². The van der Waals surface area contributed by atoms with E-state index in [0.717, 1.165) is 31.5 Å². The fourth-order valence-corrected chi connectivity index (χ4v) is 4.22. The van der Waals surface area contributed by atoms with E-state index in [1.807, 2.05) is 17.6 Å². The minimum absolute atomic E-state index is 0.125. The van der Waals surface area contributed by atoms with Crippen molar-refractivity contribution in [1.29, 1.82) is 0 Å². The zero-order valence-electron chi connectivity index (χ0n) is 11.3. The number of thioether (sulfide) groups is 1. The lowest BCUT2D eigenvalue weighted by Gasteiger charge is -2.27. The molecule has 3 aliphatic rings. The Morgan fingerprint density at radius 1 is 1.35 bits per heavy atom. The van der Waals surface area contributed by atoms with Gasteiger partial charge < -0.3 is 15.7 Å². The number of nitrogens with two attached hydrogens (primary N) is 1. The van der Waals surface area contributed by atoms with E-state index in [1.165, 1.54) is 0 Å². The summed E-state index contributed by atoms with van der Waals surface area (Å²) < 4.78 is 0. The van der Waals surface area contributed by atoms with E-state index in [2.05, 4.69) is 12.2 Å². The van der Waals surface area contributed by atoms with Crippen LogP contribution in [0.1, 0.15) is 12.8 Å². The van der Waals surface area contributed by atoms with E-state index in [1.54, 1.807) is 16.7 Å². The first-order valence-corrected chi connectivity index (χ1v) is 8.05. The van der Waals surface area contributed by atoms with E-state index in [9.17, 15) is 9.90 Å². The van der Waals surface area contributed by atoms with Crippen LogP contribution in [0.15, 0.2) is 35.3 Å². The summed E-state index contributed by atoms with van der Waals surface area (Å²) in [4.78, 5) is 14.0. The molecule has 1 amide bonds. The summed E-state index contributed by atoms with van der Waals surface area (Å²) in [7, 11) is 0. The summed E-state index contributed by atoms with van der Waals surface area (Å²) in [6.45, 7) is 1.53. The standard InChI is InChI=1S/C15H20N2O2S/c16-13(15(19)17-7-3-4-8-17)14(18)11-9-20-12-6-2-1-5-10(11)12/h1-2,5-6,9-10,12-14,18H,3-4,7-8,16H2/t10?,12?,13-,14+/m1/s1. The number of aliphatic hydroxyl groups is 1. The number of hydrogen-bond acceptors (Lipinski definition) is 4. The van der Waals surface area contributed by atoms with Gasteiger partial charge >= 0.3 is 0 Å². The van der Waals surface area contributed by atoms with Crippen molar-refractivity contribution in [3.8, 4) is 0 Å². The highest BCUT2D eigenvalue weighted by Crippen LogP contribution is 2.41. The number of hydrogen-bond donors (Lipinski definition) is 2. The van der Waals surface area contributed by atoms with Gasteiger partial charge in [-0.2, -0.15) is 0 Å². The second-order valence-electron chi connectivity index (χ2n) is 5.52. The highest BCUT2D eigenvalue weighted by atomic mass is 32.2. The third-order valence-electron chi connectivity index (χ3n) is 4.22. The van der Waals surface area contributed by atoms with Crippen molar-refractivity contribution in [1.82, 2.24) is 4.90 Å². The van der Waals surface area contributed by atoms with E-state index in [4.69, 9.17) is 5.73 Å². The normalized spacial score (nSPS) is 31.1. The topological polar surface area (TPSA) is 66.6 Å². The quantitative estimate of drug-likeness (QED) is 0.815. The molecule has 5 heteroatoms. The number of amides is 1. The van der Waals surface area contributed by atoms with Gasteiger partial charge in [0.1, 0.15) is 12.1 Å². The molecule has 1 saturated heterocycles. The maximum atomic E-state index is 12.3. The zero-order chi connectivity index (χ0) is 14.1. The summed E-state index contributed by atoms with van der Waals surface area (Å²) >= 11 is 1.68. The molecule has 20 heavy (non-hydrogen) atoms. The lowest BCUT2D eigenvalue weighted by Crippen LogP contribution is -2.50. The second kappa shape index (κ2) is 5.76. The predicted octanol–water partition coefficient (Wildman–Crippen LogP) is 1.04. The minimum atomic E-state index is -0.887. The van der Waals surface area contributed by atoms with Crippen LogP contribution in [0, 0.1) is 5.92 Å². The number of carbonyl (C=O) groups is 1. The summed E-state index contributed by atoms with van der Waals surface area (Å²) in [5.41, 5.74) is 6.88. The molecule has 0 aromatic carbocycles. The van der Waals surface area contributed by atoms with Crippen LogP contribution >= 0.6 is 11.8 Å². The molecule has 2 aliphatic heterocycles. The number of likely N-dealkylation sites (tertiary alicyclic amines) is 1. The lowest BCUT2D eigenvalue weighted by molar-refractivity contribution is -0.133. The SMILES string of the molecule is N[C@@H](C(=O)N1CCCC1)[C@@H](O)C1=CSC2C=CC=CC12. The van der Waals surface area contributed by atoms with Gasteiger partial charge in [-0.05, 0) is 23.8 Å². The molecule has 0 spiro atoms. The van der Waals surface area contributed by atoms with Crippen LogP contribution in [0.5, 0.6) is 0 Å². The third kappa shape index (κ3) is 2.45. The van der Waals surface area contributed by atoms with Crippen molar-refractivity contribution in [2.24, 2.45) is 11.7 Å². The summed E-state index contributed by atoms with van der Waals surface area (Å²) in [6, 6.07) is -0.849. The van der Waals surface area contributed by atoms with Crippen molar-refractivity contribution in [2.45, 2.75) is 30.2 Å². The molecular formula is C15H20N2O2S. The second-order valence-corrected chi connectivity index (χ2v) is 6.57. The highest BCUT2D eigenvalue weighted by molar-refractivity contribution is 8.03. The largest absolute Gasteiger partial charge is 0.387 e. The first-order valence-electron chi connectivity index (χ1n) is 7.11. The highest BCUT2D eigenvalue weighted by Gasteiger charge is 2.37. The number of aliphatic hydroxyl groups excluding tert-OH is 1. The first kappa shape index (κ1) is 13.9. The molecule has 1 aliphatic carbocycles. The zero-order valence-corrected chi connectivity index (χ0v) is 12.1. The Kier molecular flexibility index (Phi) is 4.01. The Morgan fingerprint density at radius 2 is 2.05 bits per heavy atom. The smallest absolute Gasteiger partial charge is 0.242 e. The van der Waals surface area contributed by atoms with Crippen LogP contribution in [0.25, 0.3) is 0 Å². The van der Waals surface area contributed by atoms with Gasteiger partial charge in [-0.1, -0.05) is 24.3 Å². The van der Waals surface area contributed by atoms with Crippen LogP contribution in [-0.2, 0) is 4.79 Å². The number of rotatable bonds is 3. The molecular weight excluding hydrogens is 272 g/mol. The molecule has 4 nitrogen and oxygen atoms in total. The Bertz CT molecular complexity index is 480. The molecule has 3 rings (SSSR count). The predicted molar refractivity (Wildman–Crippen MR) is 81.0 cm³/mol. The molecule has 108 valence electrons. The van der Waals surface area contributed by atoms with Crippen LogP contribution < -0.4 is 5.73 Å². The Balaban J connectivity index is 1.69. The maximum Gasteiger partial charge on any atom is 0.242 e. The molecule has 0 saturated carbocycles. The molecule has 0 radical (unpaired) electrons. The van der Waals surface area contributed by atoms with Gasteiger partial charge in [0.25, 0.3) is 0 Å². The van der Waals surface area contributed by atoms with E-state index >= 15 is 0 Å². The fourth-order valence-electron chi connectivity index (χ4n) is 3.01. The summed E-state index contributed by atoms with van der Waals surface area (Å²) in [5.74, 6) is 0.0390. The molecule has 1 fully saturated rings.